The zero-order valence-electron chi connectivity index (χ0n) is 18.9. The van der Waals surface area contributed by atoms with E-state index < -0.39 is 0 Å². The third-order valence-corrected chi connectivity index (χ3v) is 6.19. The molecular weight excluding hydrogens is 388 g/mol. The van der Waals surface area contributed by atoms with Crippen LogP contribution in [-0.4, -0.2) is 54.2 Å². The summed E-state index contributed by atoms with van der Waals surface area (Å²) in [5.74, 6) is 0.998. The number of nitrogens with zero attached hydrogens (tertiary/aromatic N) is 2. The highest BCUT2D eigenvalue weighted by Gasteiger charge is 2.30. The van der Waals surface area contributed by atoms with Gasteiger partial charge < -0.3 is 14.4 Å². The summed E-state index contributed by atoms with van der Waals surface area (Å²) in [6.07, 6.45) is 2.57. The number of ether oxygens (including phenoxy) is 2. The van der Waals surface area contributed by atoms with Gasteiger partial charge in [-0.25, -0.2) is 0 Å². The van der Waals surface area contributed by atoms with E-state index in [1.807, 2.05) is 36.1 Å². The van der Waals surface area contributed by atoms with Crippen molar-refractivity contribution < 1.29 is 14.3 Å². The van der Waals surface area contributed by atoms with Crippen molar-refractivity contribution in [3.05, 3.63) is 65.2 Å². The predicted molar refractivity (Wildman–Crippen MR) is 122 cm³/mol. The average Bonchev–Trinajstić information content (AvgIpc) is 3.24. The van der Waals surface area contributed by atoms with Gasteiger partial charge in [-0.3, -0.25) is 9.69 Å². The summed E-state index contributed by atoms with van der Waals surface area (Å²) >= 11 is 0. The highest BCUT2D eigenvalue weighted by Crippen LogP contribution is 2.34. The molecule has 4 rings (SSSR count). The van der Waals surface area contributed by atoms with Crippen molar-refractivity contribution in [3.8, 4) is 5.75 Å². The molecule has 5 heteroatoms. The molecule has 0 N–H and O–H groups in total. The number of carbonyl (C=O) groups excluding carboxylic acids is 1. The molecule has 2 aromatic carbocycles. The molecule has 3 unspecified atom stereocenters. The van der Waals surface area contributed by atoms with Gasteiger partial charge in [-0.15, -0.1) is 0 Å². The second kappa shape index (κ2) is 9.84. The van der Waals surface area contributed by atoms with Gasteiger partial charge in [0.25, 0.3) is 5.91 Å². The van der Waals surface area contributed by atoms with Crippen LogP contribution in [-0.2, 0) is 11.3 Å². The number of rotatable bonds is 6. The number of likely N-dealkylation sites (tertiary alicyclic amines) is 1. The fourth-order valence-electron chi connectivity index (χ4n) is 4.90. The highest BCUT2D eigenvalue weighted by molar-refractivity contribution is 5.94. The minimum absolute atomic E-state index is 0.122. The van der Waals surface area contributed by atoms with Gasteiger partial charge in [0.05, 0.1) is 24.9 Å². The Morgan fingerprint density at radius 2 is 1.71 bits per heavy atom. The smallest absolute Gasteiger partial charge is 0.254 e. The minimum atomic E-state index is 0.122. The van der Waals surface area contributed by atoms with Crippen LogP contribution >= 0.6 is 0 Å². The average molecular weight is 423 g/mol. The van der Waals surface area contributed by atoms with Crippen molar-refractivity contribution in [1.29, 1.82) is 0 Å². The lowest BCUT2D eigenvalue weighted by atomic mass is 10.0. The number of carbonyl (C=O) groups is 1. The van der Waals surface area contributed by atoms with Gasteiger partial charge in [-0.1, -0.05) is 24.3 Å². The van der Waals surface area contributed by atoms with Gasteiger partial charge in [-0.05, 0) is 69.0 Å². The summed E-state index contributed by atoms with van der Waals surface area (Å²) < 4.78 is 11.4. The van der Waals surface area contributed by atoms with Crippen LogP contribution in [0.4, 0.5) is 0 Å². The van der Waals surface area contributed by atoms with Crippen LogP contribution in [0.1, 0.15) is 61.1 Å². The molecule has 0 aromatic heterocycles. The SMILES string of the molecule is CCOc1ccc(C2CCCN2C(=O)c2ccc(CN3CC(C)OC(C)C3)cc2)cc1. The monoisotopic (exact) mass is 422 g/mol. The first-order valence-corrected chi connectivity index (χ1v) is 11.5. The maximum absolute atomic E-state index is 13.3. The lowest BCUT2D eigenvalue weighted by molar-refractivity contribution is -0.0704. The standard InChI is InChI=1S/C26H34N2O3/c1-4-30-24-13-11-22(12-14-24)25-6-5-15-28(25)26(29)23-9-7-21(8-10-23)18-27-16-19(2)31-20(3)17-27/h7-14,19-20,25H,4-6,15-18H2,1-3H3. The van der Waals surface area contributed by atoms with E-state index in [-0.39, 0.29) is 24.2 Å². The van der Waals surface area contributed by atoms with Crippen molar-refractivity contribution in [2.45, 2.75) is 58.4 Å². The van der Waals surface area contributed by atoms with E-state index >= 15 is 0 Å². The largest absolute Gasteiger partial charge is 0.494 e. The normalized spacial score (nSPS) is 24.4. The Hall–Kier alpha value is -2.37. The van der Waals surface area contributed by atoms with Gasteiger partial charge >= 0.3 is 0 Å². The van der Waals surface area contributed by atoms with E-state index in [0.717, 1.165) is 50.3 Å². The molecule has 2 heterocycles. The van der Waals surface area contributed by atoms with Crippen LogP contribution in [0.25, 0.3) is 0 Å². The maximum Gasteiger partial charge on any atom is 0.254 e. The van der Waals surface area contributed by atoms with Crippen molar-refractivity contribution >= 4 is 5.91 Å². The van der Waals surface area contributed by atoms with E-state index in [1.54, 1.807) is 0 Å². The Bertz CT molecular complexity index is 855. The summed E-state index contributed by atoms with van der Waals surface area (Å²) in [4.78, 5) is 17.7. The highest BCUT2D eigenvalue weighted by atomic mass is 16.5. The summed E-state index contributed by atoms with van der Waals surface area (Å²) in [5.41, 5.74) is 3.19. The fraction of sp³-hybridized carbons (Fsp3) is 0.500. The first kappa shape index (κ1) is 21.8. The van der Waals surface area contributed by atoms with Crippen molar-refractivity contribution in [1.82, 2.24) is 9.80 Å². The lowest BCUT2D eigenvalue weighted by Gasteiger charge is -2.35. The van der Waals surface area contributed by atoms with Gasteiger partial charge in [0.15, 0.2) is 0 Å². The molecule has 2 saturated heterocycles. The summed E-state index contributed by atoms with van der Waals surface area (Å²) in [6, 6.07) is 16.5. The molecule has 0 saturated carbocycles. The minimum Gasteiger partial charge on any atom is -0.494 e. The third kappa shape index (κ3) is 5.28. The number of morpholine rings is 1. The first-order valence-electron chi connectivity index (χ1n) is 11.5. The molecule has 0 radical (unpaired) electrons. The van der Waals surface area contributed by atoms with Crippen LogP contribution in [0.15, 0.2) is 48.5 Å². The molecule has 3 atom stereocenters. The van der Waals surface area contributed by atoms with E-state index in [2.05, 4.69) is 43.0 Å². The summed E-state index contributed by atoms with van der Waals surface area (Å²) in [6.45, 7) is 10.5. The molecule has 1 amide bonds. The zero-order valence-corrected chi connectivity index (χ0v) is 18.9. The molecule has 2 aliphatic heterocycles. The van der Waals surface area contributed by atoms with Gasteiger partial charge in [0, 0.05) is 31.7 Å². The summed E-state index contributed by atoms with van der Waals surface area (Å²) in [7, 11) is 0. The van der Waals surface area contributed by atoms with Crippen molar-refractivity contribution in [2.75, 3.05) is 26.2 Å². The quantitative estimate of drug-likeness (QED) is 0.678. The third-order valence-electron chi connectivity index (χ3n) is 6.19. The Kier molecular flexibility index (Phi) is 6.93. The Labute approximate surface area is 185 Å². The first-order chi connectivity index (χ1) is 15.0. The molecule has 2 aromatic rings. The fourth-order valence-corrected chi connectivity index (χ4v) is 4.90. The predicted octanol–water partition coefficient (Wildman–Crippen LogP) is 4.67. The number of amides is 1. The van der Waals surface area contributed by atoms with E-state index in [0.29, 0.717) is 6.61 Å². The molecule has 166 valence electrons. The molecule has 0 aliphatic carbocycles. The maximum atomic E-state index is 13.3. The number of hydrogen-bond acceptors (Lipinski definition) is 4. The van der Waals surface area contributed by atoms with Gasteiger partial charge in [0.1, 0.15) is 5.75 Å². The zero-order chi connectivity index (χ0) is 21.8. The lowest BCUT2D eigenvalue weighted by Crippen LogP contribution is -2.44. The van der Waals surface area contributed by atoms with E-state index in [9.17, 15) is 4.79 Å². The number of benzene rings is 2. The Morgan fingerprint density at radius 3 is 2.35 bits per heavy atom. The molecule has 0 bridgehead atoms. The van der Waals surface area contributed by atoms with Crippen molar-refractivity contribution in [3.63, 3.8) is 0 Å². The van der Waals surface area contributed by atoms with Gasteiger partial charge in [0.2, 0.25) is 0 Å². The Balaban J connectivity index is 1.41. The second-order valence-electron chi connectivity index (χ2n) is 8.81. The van der Waals surface area contributed by atoms with Crippen LogP contribution in [0, 0.1) is 0 Å². The Morgan fingerprint density at radius 1 is 1.03 bits per heavy atom. The number of hydrogen-bond donors (Lipinski definition) is 0. The van der Waals surface area contributed by atoms with E-state index in [1.165, 1.54) is 11.1 Å². The molecule has 2 aliphatic rings. The molecule has 2 fully saturated rings. The van der Waals surface area contributed by atoms with Crippen LogP contribution < -0.4 is 4.74 Å². The van der Waals surface area contributed by atoms with Crippen LogP contribution in [0.2, 0.25) is 0 Å². The summed E-state index contributed by atoms with van der Waals surface area (Å²) in [5, 5.41) is 0. The molecular formula is C26H34N2O3. The molecule has 0 spiro atoms. The van der Waals surface area contributed by atoms with Crippen LogP contribution in [0.3, 0.4) is 0 Å². The molecule has 31 heavy (non-hydrogen) atoms. The van der Waals surface area contributed by atoms with Crippen molar-refractivity contribution in [2.24, 2.45) is 0 Å². The van der Waals surface area contributed by atoms with Crippen LogP contribution in [0.5, 0.6) is 5.75 Å². The van der Waals surface area contributed by atoms with E-state index in [4.69, 9.17) is 9.47 Å². The van der Waals surface area contributed by atoms with Gasteiger partial charge in [-0.2, -0.15) is 0 Å². The molecule has 5 nitrogen and oxygen atoms in total. The topological polar surface area (TPSA) is 42.0 Å². The second-order valence-corrected chi connectivity index (χ2v) is 8.81.